The summed E-state index contributed by atoms with van der Waals surface area (Å²) < 4.78 is 0. The summed E-state index contributed by atoms with van der Waals surface area (Å²) in [7, 11) is 0. The molecule has 0 aliphatic heterocycles. The van der Waals surface area contributed by atoms with Gasteiger partial charge in [0.2, 0.25) is 11.8 Å². The van der Waals surface area contributed by atoms with Gasteiger partial charge in [-0.3, -0.25) is 9.59 Å². The van der Waals surface area contributed by atoms with E-state index in [9.17, 15) is 9.59 Å². The lowest BCUT2D eigenvalue weighted by Gasteiger charge is -2.29. The number of rotatable bonds is 7. The Labute approximate surface area is 166 Å². The molecule has 5 heteroatoms. The van der Waals surface area contributed by atoms with Crippen LogP contribution in [0.15, 0.2) is 48.5 Å². The van der Waals surface area contributed by atoms with Gasteiger partial charge in [0.25, 0.3) is 0 Å². The van der Waals surface area contributed by atoms with E-state index in [2.05, 4.69) is 5.32 Å². The van der Waals surface area contributed by atoms with Crippen LogP contribution in [0.5, 0.6) is 0 Å². The van der Waals surface area contributed by atoms with Gasteiger partial charge in [0, 0.05) is 17.6 Å². The Morgan fingerprint density at radius 3 is 2.07 bits per heavy atom. The number of amides is 2. The van der Waals surface area contributed by atoms with Gasteiger partial charge in [-0.1, -0.05) is 53.6 Å². The maximum absolute atomic E-state index is 13.0. The van der Waals surface area contributed by atoms with Crippen LogP contribution in [0.2, 0.25) is 5.02 Å². The van der Waals surface area contributed by atoms with E-state index < -0.39 is 6.04 Å². The number of benzene rings is 2. The molecule has 0 spiro atoms. The molecule has 2 amide bonds. The second-order valence-corrected chi connectivity index (χ2v) is 7.59. The molecular formula is C22H27ClN2O2. The zero-order valence-corrected chi connectivity index (χ0v) is 17.1. The molecule has 2 rings (SSSR count). The van der Waals surface area contributed by atoms with Crippen LogP contribution in [0, 0.1) is 6.92 Å². The lowest BCUT2D eigenvalue weighted by atomic mass is 10.1. The summed E-state index contributed by atoms with van der Waals surface area (Å²) >= 11 is 5.96. The van der Waals surface area contributed by atoms with E-state index in [1.165, 1.54) is 0 Å². The van der Waals surface area contributed by atoms with Crippen LogP contribution in [0.1, 0.15) is 37.5 Å². The summed E-state index contributed by atoms with van der Waals surface area (Å²) in [6, 6.07) is 14.7. The fourth-order valence-electron chi connectivity index (χ4n) is 2.76. The molecule has 2 aromatic carbocycles. The predicted octanol–water partition coefficient (Wildman–Crippen LogP) is 4.13. The average molecular weight is 387 g/mol. The highest BCUT2D eigenvalue weighted by atomic mass is 35.5. The molecule has 0 saturated heterocycles. The zero-order chi connectivity index (χ0) is 20.0. The number of hydrogen-bond acceptors (Lipinski definition) is 2. The maximum atomic E-state index is 13.0. The lowest BCUT2D eigenvalue weighted by molar-refractivity contribution is -0.140. The van der Waals surface area contributed by atoms with E-state index >= 15 is 0 Å². The minimum atomic E-state index is -0.568. The summed E-state index contributed by atoms with van der Waals surface area (Å²) in [6.07, 6.45) is 0.257. The van der Waals surface area contributed by atoms with E-state index in [0.717, 1.165) is 16.7 Å². The number of carbonyl (C=O) groups excluding carboxylic acids is 2. The molecule has 2 aromatic rings. The third-order valence-electron chi connectivity index (χ3n) is 4.34. The second-order valence-electron chi connectivity index (χ2n) is 7.15. The Hall–Kier alpha value is -2.33. The van der Waals surface area contributed by atoms with E-state index in [4.69, 9.17) is 11.6 Å². The van der Waals surface area contributed by atoms with Crippen LogP contribution in [0.3, 0.4) is 0 Å². The Balaban J connectivity index is 2.21. The van der Waals surface area contributed by atoms with Gasteiger partial charge >= 0.3 is 0 Å². The highest BCUT2D eigenvalue weighted by Crippen LogP contribution is 2.15. The minimum absolute atomic E-state index is 0.0181. The molecule has 0 saturated carbocycles. The van der Waals surface area contributed by atoms with Crippen molar-refractivity contribution >= 4 is 23.4 Å². The van der Waals surface area contributed by atoms with Gasteiger partial charge in [0.05, 0.1) is 6.42 Å². The molecule has 144 valence electrons. The van der Waals surface area contributed by atoms with Crippen molar-refractivity contribution in [2.45, 2.75) is 52.7 Å². The van der Waals surface area contributed by atoms with Crippen molar-refractivity contribution in [1.82, 2.24) is 10.2 Å². The van der Waals surface area contributed by atoms with Crippen molar-refractivity contribution in [3.63, 3.8) is 0 Å². The molecule has 1 N–H and O–H groups in total. The molecule has 0 aliphatic carbocycles. The van der Waals surface area contributed by atoms with Crippen molar-refractivity contribution in [2.24, 2.45) is 0 Å². The molecule has 0 heterocycles. The van der Waals surface area contributed by atoms with Gasteiger partial charge < -0.3 is 10.2 Å². The highest BCUT2D eigenvalue weighted by molar-refractivity contribution is 6.30. The number of halogens is 1. The van der Waals surface area contributed by atoms with Crippen LogP contribution in [-0.4, -0.2) is 28.8 Å². The molecule has 0 aromatic heterocycles. The first-order valence-corrected chi connectivity index (χ1v) is 9.54. The predicted molar refractivity (Wildman–Crippen MR) is 110 cm³/mol. The SMILES string of the molecule is Cc1ccc(CC(=O)N(Cc2ccc(Cl)cc2)[C@H](C)C(=O)NC(C)C)cc1. The molecule has 4 nitrogen and oxygen atoms in total. The second kappa shape index (κ2) is 9.56. The van der Waals surface area contributed by atoms with Gasteiger partial charge in [-0.15, -0.1) is 0 Å². The van der Waals surface area contributed by atoms with Gasteiger partial charge in [-0.05, 0) is 51.0 Å². The molecule has 27 heavy (non-hydrogen) atoms. The fourth-order valence-corrected chi connectivity index (χ4v) is 2.88. The van der Waals surface area contributed by atoms with Crippen LogP contribution < -0.4 is 5.32 Å². The van der Waals surface area contributed by atoms with Crippen molar-refractivity contribution in [2.75, 3.05) is 0 Å². The quantitative estimate of drug-likeness (QED) is 0.777. The molecule has 0 radical (unpaired) electrons. The highest BCUT2D eigenvalue weighted by Gasteiger charge is 2.26. The van der Waals surface area contributed by atoms with E-state index in [1.807, 2.05) is 57.2 Å². The number of hydrogen-bond donors (Lipinski definition) is 1. The standard InChI is InChI=1S/C22H27ClN2O2/c1-15(2)24-22(27)17(4)25(14-19-9-11-20(23)12-10-19)21(26)13-18-7-5-16(3)6-8-18/h5-12,15,17H,13-14H2,1-4H3,(H,24,27)/t17-/m1/s1. The summed E-state index contributed by atoms with van der Waals surface area (Å²) in [4.78, 5) is 27.2. The maximum Gasteiger partial charge on any atom is 0.242 e. The van der Waals surface area contributed by atoms with Crippen LogP contribution in [-0.2, 0) is 22.6 Å². The average Bonchev–Trinajstić information content (AvgIpc) is 2.62. The summed E-state index contributed by atoms with van der Waals surface area (Å²) in [5, 5.41) is 3.53. The smallest absolute Gasteiger partial charge is 0.242 e. The van der Waals surface area contributed by atoms with Crippen molar-refractivity contribution < 1.29 is 9.59 Å². The molecule has 0 fully saturated rings. The molecular weight excluding hydrogens is 360 g/mol. The van der Waals surface area contributed by atoms with E-state index in [0.29, 0.717) is 11.6 Å². The first kappa shape index (κ1) is 21.0. The van der Waals surface area contributed by atoms with Gasteiger partial charge in [0.15, 0.2) is 0 Å². The monoisotopic (exact) mass is 386 g/mol. The molecule has 0 unspecified atom stereocenters. The first-order chi connectivity index (χ1) is 12.8. The van der Waals surface area contributed by atoms with E-state index in [1.54, 1.807) is 24.0 Å². The molecule has 0 bridgehead atoms. The number of nitrogens with one attached hydrogen (secondary N) is 1. The van der Waals surface area contributed by atoms with Crippen molar-refractivity contribution in [3.8, 4) is 0 Å². The summed E-state index contributed by atoms with van der Waals surface area (Å²) in [5.74, 6) is -0.239. The third-order valence-corrected chi connectivity index (χ3v) is 4.59. The van der Waals surface area contributed by atoms with E-state index in [-0.39, 0.29) is 24.3 Å². The normalized spacial score (nSPS) is 11.9. The van der Waals surface area contributed by atoms with Gasteiger partial charge in [-0.25, -0.2) is 0 Å². The number of carbonyl (C=O) groups is 2. The summed E-state index contributed by atoms with van der Waals surface area (Å²) in [6.45, 7) is 7.94. The Bertz CT molecular complexity index is 770. The van der Waals surface area contributed by atoms with Crippen LogP contribution in [0.25, 0.3) is 0 Å². The van der Waals surface area contributed by atoms with Gasteiger partial charge in [0.1, 0.15) is 6.04 Å². The molecule has 0 aliphatic rings. The van der Waals surface area contributed by atoms with Gasteiger partial charge in [-0.2, -0.15) is 0 Å². The van der Waals surface area contributed by atoms with Crippen LogP contribution in [0.4, 0.5) is 0 Å². The third kappa shape index (κ3) is 6.40. The number of aryl methyl sites for hydroxylation is 1. The largest absolute Gasteiger partial charge is 0.352 e. The fraction of sp³-hybridized carbons (Fsp3) is 0.364. The van der Waals surface area contributed by atoms with Crippen molar-refractivity contribution in [3.05, 3.63) is 70.2 Å². The molecule has 1 atom stereocenters. The van der Waals surface area contributed by atoms with Crippen molar-refractivity contribution in [1.29, 1.82) is 0 Å². The first-order valence-electron chi connectivity index (χ1n) is 9.16. The Kier molecular flexibility index (Phi) is 7.43. The topological polar surface area (TPSA) is 49.4 Å². The Morgan fingerprint density at radius 1 is 0.963 bits per heavy atom. The Morgan fingerprint density at radius 2 is 1.52 bits per heavy atom. The summed E-state index contributed by atoms with van der Waals surface area (Å²) in [5.41, 5.74) is 3.01. The number of nitrogens with zero attached hydrogens (tertiary/aromatic N) is 1. The van der Waals surface area contributed by atoms with Crippen LogP contribution >= 0.6 is 11.6 Å². The lowest BCUT2D eigenvalue weighted by Crippen LogP contribution is -2.49. The zero-order valence-electron chi connectivity index (χ0n) is 16.3. The minimum Gasteiger partial charge on any atom is -0.352 e.